The van der Waals surface area contributed by atoms with Crippen LogP contribution in [-0.2, 0) is 0 Å². The third-order valence-corrected chi connectivity index (χ3v) is 10.3. The molecular formula is C42H28O9. The number of benzene rings is 6. The van der Waals surface area contributed by atoms with Crippen LogP contribution in [0, 0.1) is 0 Å². The van der Waals surface area contributed by atoms with E-state index in [1.54, 1.807) is 109 Å². The van der Waals surface area contributed by atoms with Crippen molar-refractivity contribution in [2.45, 2.75) is 24.0 Å². The van der Waals surface area contributed by atoms with Gasteiger partial charge in [0.05, 0.1) is 11.8 Å². The number of aromatic hydroxyl groups is 6. The van der Waals surface area contributed by atoms with Crippen molar-refractivity contribution in [2.24, 2.45) is 0 Å². The van der Waals surface area contributed by atoms with Crippen molar-refractivity contribution in [3.8, 4) is 68.4 Å². The number of furan rings is 1. The van der Waals surface area contributed by atoms with Crippen LogP contribution in [0.1, 0.15) is 57.4 Å². The zero-order valence-electron chi connectivity index (χ0n) is 26.6. The number of phenolic OH excluding ortho intramolecular Hbond substituents is 6. The molecule has 1 aliphatic carbocycles. The van der Waals surface area contributed by atoms with Crippen molar-refractivity contribution in [1.82, 2.24) is 0 Å². The molecule has 4 atom stereocenters. The summed E-state index contributed by atoms with van der Waals surface area (Å²) in [5.41, 5.74) is 6.78. The number of hydrogen-bond donors (Lipinski definition) is 6. The predicted molar refractivity (Wildman–Crippen MR) is 187 cm³/mol. The van der Waals surface area contributed by atoms with Gasteiger partial charge in [0.25, 0.3) is 0 Å². The third-order valence-electron chi connectivity index (χ3n) is 10.3. The lowest BCUT2D eigenvalue weighted by molar-refractivity contribution is 0.220. The molecule has 0 amide bonds. The van der Waals surface area contributed by atoms with Gasteiger partial charge in [-0.3, -0.25) is 0 Å². The Morgan fingerprint density at radius 2 is 0.941 bits per heavy atom. The standard InChI is InChI=1S/C42H28O9/c43-22-7-1-19(2-8-22)40-37-28-13-25(46)17-32-35(28)39(42(50-32)21-5-11-24(45)12-6-21)30-15-27(48)18-33-36(30)38(29-14-26(47)16-31(49-40)34(29)37)41(51-33)20-3-9-23(44)10-4-20/h1-18,37-38,40-41,43-48H/t37-,38?,40+,41-/m0/s1. The highest BCUT2D eigenvalue weighted by Crippen LogP contribution is 2.64. The SMILES string of the molecule is Oc1ccc(-c2oc3cc(O)cc4c3c2-c2cc(O)cc3c2C(c2cc(O)cc5c2[C@H]4[C@@H](c2ccc(O)cc2)O5)[C@H](c2ccc(O)cc2)O3)cc1. The van der Waals surface area contributed by atoms with E-state index >= 15 is 0 Å². The molecule has 3 heterocycles. The number of hydrogen-bond acceptors (Lipinski definition) is 9. The second-order valence-corrected chi connectivity index (χ2v) is 13.3. The molecule has 6 aromatic carbocycles. The van der Waals surface area contributed by atoms with Gasteiger partial charge in [-0.1, -0.05) is 24.3 Å². The predicted octanol–water partition coefficient (Wildman–Crippen LogP) is 8.85. The first kappa shape index (κ1) is 29.2. The Morgan fingerprint density at radius 3 is 1.55 bits per heavy atom. The number of ether oxygens (including phenoxy) is 2. The van der Waals surface area contributed by atoms with E-state index in [-0.39, 0.29) is 34.5 Å². The first-order chi connectivity index (χ1) is 24.7. The Kier molecular flexibility index (Phi) is 5.94. The molecule has 1 unspecified atom stereocenters. The highest BCUT2D eigenvalue weighted by Gasteiger charge is 2.48. The van der Waals surface area contributed by atoms with Crippen LogP contribution < -0.4 is 9.47 Å². The highest BCUT2D eigenvalue weighted by molar-refractivity contribution is 6.06. The van der Waals surface area contributed by atoms with Gasteiger partial charge in [0.15, 0.2) is 0 Å². The number of fused-ring (bicyclic) bond motifs is 3. The van der Waals surface area contributed by atoms with Crippen LogP contribution in [0.15, 0.2) is 114 Å². The van der Waals surface area contributed by atoms with Crippen molar-refractivity contribution in [3.05, 3.63) is 143 Å². The Balaban J connectivity index is 1.38. The average molecular weight is 677 g/mol. The van der Waals surface area contributed by atoms with Crippen molar-refractivity contribution in [3.63, 3.8) is 0 Å². The molecule has 250 valence electrons. The van der Waals surface area contributed by atoms with Crippen molar-refractivity contribution >= 4 is 11.0 Å². The fourth-order valence-electron chi connectivity index (χ4n) is 8.32. The van der Waals surface area contributed by atoms with Gasteiger partial charge in [0, 0.05) is 45.8 Å². The van der Waals surface area contributed by atoms with E-state index in [0.717, 1.165) is 27.8 Å². The molecule has 0 fully saturated rings. The van der Waals surface area contributed by atoms with Crippen LogP contribution in [0.2, 0.25) is 0 Å². The molecule has 0 spiro atoms. The van der Waals surface area contributed by atoms with E-state index in [0.29, 0.717) is 50.5 Å². The monoisotopic (exact) mass is 676 g/mol. The number of phenols is 6. The third kappa shape index (κ3) is 4.27. The Labute approximate surface area is 290 Å². The van der Waals surface area contributed by atoms with E-state index in [9.17, 15) is 30.6 Å². The van der Waals surface area contributed by atoms with E-state index < -0.39 is 24.0 Å². The van der Waals surface area contributed by atoms with Gasteiger partial charge in [-0.15, -0.1) is 0 Å². The lowest BCUT2D eigenvalue weighted by Crippen LogP contribution is -2.16. The molecule has 1 aromatic heterocycles. The molecule has 10 rings (SSSR count). The molecule has 2 aliphatic heterocycles. The van der Waals surface area contributed by atoms with Crippen LogP contribution in [0.25, 0.3) is 33.4 Å². The summed E-state index contributed by atoms with van der Waals surface area (Å²) in [7, 11) is 0. The largest absolute Gasteiger partial charge is 0.508 e. The van der Waals surface area contributed by atoms with Gasteiger partial charge in [0.1, 0.15) is 69.5 Å². The zero-order valence-corrected chi connectivity index (χ0v) is 26.6. The fourth-order valence-corrected chi connectivity index (χ4v) is 8.32. The summed E-state index contributed by atoms with van der Waals surface area (Å²) in [4.78, 5) is 0. The maximum absolute atomic E-state index is 11.3. The molecule has 0 saturated carbocycles. The summed E-state index contributed by atoms with van der Waals surface area (Å²) in [5, 5.41) is 65.1. The lowest BCUT2D eigenvalue weighted by Gasteiger charge is -2.25. The minimum Gasteiger partial charge on any atom is -0.508 e. The summed E-state index contributed by atoms with van der Waals surface area (Å²) in [5.74, 6) is 0.405. The minimum absolute atomic E-state index is 0.0147. The van der Waals surface area contributed by atoms with E-state index in [2.05, 4.69) is 0 Å². The molecule has 7 aromatic rings. The van der Waals surface area contributed by atoms with Gasteiger partial charge in [-0.25, -0.2) is 0 Å². The Morgan fingerprint density at radius 1 is 0.451 bits per heavy atom. The Bertz CT molecular complexity index is 2550. The molecule has 3 aliphatic rings. The van der Waals surface area contributed by atoms with Gasteiger partial charge in [-0.2, -0.15) is 0 Å². The molecular weight excluding hydrogens is 648 g/mol. The molecule has 6 N–H and O–H groups in total. The van der Waals surface area contributed by atoms with Gasteiger partial charge >= 0.3 is 0 Å². The summed E-state index contributed by atoms with van der Waals surface area (Å²) in [6.45, 7) is 0. The smallest absolute Gasteiger partial charge is 0.143 e. The first-order valence-electron chi connectivity index (χ1n) is 16.5. The van der Waals surface area contributed by atoms with Crippen LogP contribution in [0.3, 0.4) is 0 Å². The molecule has 0 saturated heterocycles. The second kappa shape index (κ2) is 10.4. The molecule has 9 nitrogen and oxygen atoms in total. The van der Waals surface area contributed by atoms with Gasteiger partial charge < -0.3 is 44.5 Å². The van der Waals surface area contributed by atoms with Crippen LogP contribution in [0.5, 0.6) is 46.0 Å². The van der Waals surface area contributed by atoms with Gasteiger partial charge in [-0.05, 0) is 94.5 Å². The normalized spacial score (nSPS) is 19.4. The minimum atomic E-state index is -0.658. The fraction of sp³-hybridized carbons (Fsp3) is 0.0952. The van der Waals surface area contributed by atoms with Gasteiger partial charge in [0.2, 0.25) is 0 Å². The summed E-state index contributed by atoms with van der Waals surface area (Å²) >= 11 is 0. The zero-order chi connectivity index (χ0) is 34.7. The summed E-state index contributed by atoms with van der Waals surface area (Å²) in [6, 6.07) is 30.0. The molecule has 0 radical (unpaired) electrons. The first-order valence-corrected chi connectivity index (χ1v) is 16.5. The van der Waals surface area contributed by atoms with Crippen molar-refractivity contribution in [1.29, 1.82) is 0 Å². The average Bonchev–Trinajstić information content (AvgIpc) is 3.80. The Hall–Kier alpha value is -6.74. The van der Waals surface area contributed by atoms with E-state index in [1.807, 2.05) is 0 Å². The quantitative estimate of drug-likeness (QED) is 0.108. The maximum atomic E-state index is 11.3. The molecule has 9 heteroatoms. The maximum Gasteiger partial charge on any atom is 0.143 e. The molecule has 0 bridgehead atoms. The van der Waals surface area contributed by atoms with Crippen molar-refractivity contribution in [2.75, 3.05) is 0 Å². The second-order valence-electron chi connectivity index (χ2n) is 13.3. The van der Waals surface area contributed by atoms with Crippen LogP contribution in [0.4, 0.5) is 0 Å². The molecule has 51 heavy (non-hydrogen) atoms. The highest BCUT2D eigenvalue weighted by atomic mass is 16.5. The van der Waals surface area contributed by atoms with E-state index in [4.69, 9.17) is 13.9 Å². The topological polar surface area (TPSA) is 153 Å². The van der Waals surface area contributed by atoms with E-state index in [1.165, 1.54) is 0 Å². The van der Waals surface area contributed by atoms with Crippen LogP contribution in [-0.4, -0.2) is 30.6 Å². The van der Waals surface area contributed by atoms with Crippen LogP contribution >= 0.6 is 0 Å². The van der Waals surface area contributed by atoms with Crippen molar-refractivity contribution < 1.29 is 44.5 Å². The lowest BCUT2D eigenvalue weighted by atomic mass is 9.76. The number of rotatable bonds is 3. The summed E-state index contributed by atoms with van der Waals surface area (Å²) in [6.07, 6.45) is -1.32. The summed E-state index contributed by atoms with van der Waals surface area (Å²) < 4.78 is 20.2.